The van der Waals surface area contributed by atoms with E-state index >= 15 is 0 Å². The third kappa shape index (κ3) is 5.13. The van der Waals surface area contributed by atoms with E-state index in [-0.39, 0.29) is 5.91 Å². The number of aromatic nitrogens is 1. The molecule has 0 saturated carbocycles. The van der Waals surface area contributed by atoms with E-state index in [1.54, 1.807) is 6.20 Å². The number of aryl methyl sites for hydroxylation is 2. The summed E-state index contributed by atoms with van der Waals surface area (Å²) in [4.78, 5) is 19.1. The predicted octanol–water partition coefficient (Wildman–Crippen LogP) is 5.54. The maximum absolute atomic E-state index is 12.3. The van der Waals surface area contributed by atoms with Crippen molar-refractivity contribution in [3.8, 4) is 0 Å². The number of carbonyl (C=O) groups excluding carboxylic acids is 1. The van der Waals surface area contributed by atoms with Crippen LogP contribution in [0.15, 0.2) is 60.8 Å². The van der Waals surface area contributed by atoms with E-state index in [4.69, 9.17) is 0 Å². The maximum atomic E-state index is 12.3. The molecule has 1 aromatic heterocycles. The average molecular weight is 389 g/mol. The van der Waals surface area contributed by atoms with Gasteiger partial charge in [0.05, 0.1) is 11.9 Å². The summed E-state index contributed by atoms with van der Waals surface area (Å²) >= 11 is 0. The van der Waals surface area contributed by atoms with Gasteiger partial charge in [-0.3, -0.25) is 4.79 Å². The molecule has 29 heavy (non-hydrogen) atoms. The quantitative estimate of drug-likeness (QED) is 0.558. The van der Waals surface area contributed by atoms with Crippen molar-refractivity contribution >= 4 is 28.8 Å². The lowest BCUT2D eigenvalue weighted by Gasteiger charge is -2.22. The van der Waals surface area contributed by atoms with E-state index < -0.39 is 0 Å². The molecule has 1 heterocycles. The van der Waals surface area contributed by atoms with Crippen LogP contribution in [0.3, 0.4) is 0 Å². The van der Waals surface area contributed by atoms with Crippen molar-refractivity contribution in [2.45, 2.75) is 27.7 Å². The minimum atomic E-state index is -0.143. The highest BCUT2D eigenvalue weighted by Gasteiger charge is 2.08. The van der Waals surface area contributed by atoms with E-state index in [2.05, 4.69) is 59.5 Å². The molecule has 1 amide bonds. The standard InChI is InChI=1S/C24H28N4O/c1-5-28(6-2)21-12-13-22(18(4)15-21)27-23-14-11-20(16-25-23)26-24(29)19-9-7-17(3)8-10-19/h7-16H,5-6H2,1-4H3,(H,25,27)(H,26,29). The Labute approximate surface area is 172 Å². The Morgan fingerprint density at radius 3 is 2.28 bits per heavy atom. The molecule has 150 valence electrons. The second-order valence-corrected chi connectivity index (χ2v) is 7.05. The second kappa shape index (κ2) is 9.24. The van der Waals surface area contributed by atoms with Crippen LogP contribution in [0, 0.1) is 13.8 Å². The van der Waals surface area contributed by atoms with Gasteiger partial charge in [-0.25, -0.2) is 4.98 Å². The van der Waals surface area contributed by atoms with Crippen molar-refractivity contribution in [2.75, 3.05) is 28.6 Å². The molecule has 5 heteroatoms. The SMILES string of the molecule is CCN(CC)c1ccc(Nc2ccc(NC(=O)c3ccc(C)cc3)cn2)c(C)c1. The molecule has 0 atom stereocenters. The number of anilines is 4. The summed E-state index contributed by atoms with van der Waals surface area (Å²) < 4.78 is 0. The summed E-state index contributed by atoms with van der Waals surface area (Å²) in [5.74, 6) is 0.590. The molecule has 0 aliphatic carbocycles. The number of carbonyl (C=O) groups is 1. The lowest BCUT2D eigenvalue weighted by molar-refractivity contribution is 0.102. The number of benzene rings is 2. The highest BCUT2D eigenvalue weighted by atomic mass is 16.1. The number of hydrogen-bond donors (Lipinski definition) is 2. The van der Waals surface area contributed by atoms with E-state index in [0.29, 0.717) is 11.3 Å². The lowest BCUT2D eigenvalue weighted by Crippen LogP contribution is -2.21. The number of amides is 1. The first-order valence-corrected chi connectivity index (χ1v) is 9.96. The summed E-state index contributed by atoms with van der Waals surface area (Å²) in [7, 11) is 0. The molecule has 0 spiro atoms. The molecule has 0 aliphatic rings. The minimum Gasteiger partial charge on any atom is -0.372 e. The van der Waals surface area contributed by atoms with Gasteiger partial charge in [0.25, 0.3) is 5.91 Å². The van der Waals surface area contributed by atoms with Gasteiger partial charge < -0.3 is 15.5 Å². The fraction of sp³-hybridized carbons (Fsp3) is 0.250. The molecule has 0 saturated heterocycles. The van der Waals surface area contributed by atoms with Gasteiger partial charge in [-0.15, -0.1) is 0 Å². The second-order valence-electron chi connectivity index (χ2n) is 7.05. The van der Waals surface area contributed by atoms with Crippen LogP contribution in [0.2, 0.25) is 0 Å². The number of hydrogen-bond acceptors (Lipinski definition) is 4. The van der Waals surface area contributed by atoms with Crippen LogP contribution < -0.4 is 15.5 Å². The summed E-state index contributed by atoms with van der Waals surface area (Å²) in [6.45, 7) is 10.4. The van der Waals surface area contributed by atoms with Gasteiger partial charge in [0.1, 0.15) is 5.82 Å². The highest BCUT2D eigenvalue weighted by Crippen LogP contribution is 2.25. The Morgan fingerprint density at radius 1 is 0.966 bits per heavy atom. The van der Waals surface area contributed by atoms with Gasteiger partial charge in [0.2, 0.25) is 0 Å². The van der Waals surface area contributed by atoms with Crippen LogP contribution in [0.25, 0.3) is 0 Å². The Hall–Kier alpha value is -3.34. The first kappa shape index (κ1) is 20.4. The monoisotopic (exact) mass is 388 g/mol. The molecule has 3 rings (SSSR count). The molecular weight excluding hydrogens is 360 g/mol. The van der Waals surface area contributed by atoms with Crippen molar-refractivity contribution in [2.24, 2.45) is 0 Å². The molecule has 0 fully saturated rings. The minimum absolute atomic E-state index is 0.143. The average Bonchev–Trinajstić information content (AvgIpc) is 2.72. The van der Waals surface area contributed by atoms with Gasteiger partial charge in [-0.1, -0.05) is 17.7 Å². The summed E-state index contributed by atoms with van der Waals surface area (Å²) in [6, 6.07) is 17.6. The van der Waals surface area contributed by atoms with Crippen molar-refractivity contribution < 1.29 is 4.79 Å². The molecule has 0 radical (unpaired) electrons. The number of nitrogens with one attached hydrogen (secondary N) is 2. The molecule has 0 unspecified atom stereocenters. The maximum Gasteiger partial charge on any atom is 0.255 e. The Bertz CT molecular complexity index is 961. The van der Waals surface area contributed by atoms with Gasteiger partial charge >= 0.3 is 0 Å². The topological polar surface area (TPSA) is 57.3 Å². The summed E-state index contributed by atoms with van der Waals surface area (Å²) in [5, 5.41) is 6.23. The van der Waals surface area contributed by atoms with Crippen LogP contribution in [-0.2, 0) is 0 Å². The Balaban J connectivity index is 1.66. The van der Waals surface area contributed by atoms with Gasteiger partial charge in [0.15, 0.2) is 0 Å². The summed E-state index contributed by atoms with van der Waals surface area (Å²) in [6.07, 6.45) is 1.66. The van der Waals surface area contributed by atoms with Crippen LogP contribution in [-0.4, -0.2) is 24.0 Å². The largest absolute Gasteiger partial charge is 0.372 e. The third-order valence-corrected chi connectivity index (χ3v) is 4.94. The van der Waals surface area contributed by atoms with Gasteiger partial charge in [-0.2, -0.15) is 0 Å². The van der Waals surface area contributed by atoms with Crippen molar-refractivity contribution in [3.05, 3.63) is 77.5 Å². The van der Waals surface area contributed by atoms with E-state index in [9.17, 15) is 4.79 Å². The molecule has 0 aliphatic heterocycles. The Morgan fingerprint density at radius 2 is 1.69 bits per heavy atom. The third-order valence-electron chi connectivity index (χ3n) is 4.94. The first-order valence-electron chi connectivity index (χ1n) is 9.96. The van der Waals surface area contributed by atoms with E-state index in [1.165, 1.54) is 5.69 Å². The first-order chi connectivity index (χ1) is 14.0. The van der Waals surface area contributed by atoms with Crippen LogP contribution in [0.1, 0.15) is 35.3 Å². The van der Waals surface area contributed by atoms with Crippen molar-refractivity contribution in [1.29, 1.82) is 0 Å². The van der Waals surface area contributed by atoms with Crippen molar-refractivity contribution in [1.82, 2.24) is 4.98 Å². The summed E-state index contributed by atoms with van der Waals surface area (Å²) in [5.41, 5.74) is 5.81. The van der Waals surface area contributed by atoms with Crippen LogP contribution in [0.5, 0.6) is 0 Å². The van der Waals surface area contributed by atoms with E-state index in [0.717, 1.165) is 35.7 Å². The zero-order chi connectivity index (χ0) is 20.8. The fourth-order valence-corrected chi connectivity index (χ4v) is 3.16. The highest BCUT2D eigenvalue weighted by molar-refractivity contribution is 6.04. The van der Waals surface area contributed by atoms with Gasteiger partial charge in [-0.05, 0) is 75.7 Å². The molecular formula is C24H28N4O. The zero-order valence-electron chi connectivity index (χ0n) is 17.5. The molecule has 0 bridgehead atoms. The normalized spacial score (nSPS) is 10.5. The van der Waals surface area contributed by atoms with E-state index in [1.807, 2.05) is 43.3 Å². The van der Waals surface area contributed by atoms with Crippen molar-refractivity contribution in [3.63, 3.8) is 0 Å². The molecule has 5 nitrogen and oxygen atoms in total. The lowest BCUT2D eigenvalue weighted by atomic mass is 10.1. The molecule has 2 N–H and O–H groups in total. The predicted molar refractivity (Wildman–Crippen MR) is 121 cm³/mol. The molecule has 2 aromatic carbocycles. The fourth-order valence-electron chi connectivity index (χ4n) is 3.16. The zero-order valence-corrected chi connectivity index (χ0v) is 17.5. The van der Waals surface area contributed by atoms with Gasteiger partial charge in [0, 0.05) is 30.0 Å². The van der Waals surface area contributed by atoms with Crippen LogP contribution >= 0.6 is 0 Å². The Kier molecular flexibility index (Phi) is 6.50. The number of pyridine rings is 1. The smallest absolute Gasteiger partial charge is 0.255 e. The number of rotatable bonds is 7. The molecule has 3 aromatic rings. The van der Waals surface area contributed by atoms with Crippen LogP contribution in [0.4, 0.5) is 22.9 Å². The number of nitrogens with zero attached hydrogens (tertiary/aromatic N) is 2.